The number of unbranched alkanes of at least 4 members (excludes halogenated alkanes) is 9. The van der Waals surface area contributed by atoms with Gasteiger partial charge in [0.1, 0.15) is 18.3 Å². The van der Waals surface area contributed by atoms with Crippen molar-refractivity contribution in [3.05, 3.63) is 29.8 Å². The minimum atomic E-state index is -0.876. The predicted octanol–water partition coefficient (Wildman–Crippen LogP) is 6.03. The zero-order valence-electron chi connectivity index (χ0n) is 27.8. The summed E-state index contributed by atoms with van der Waals surface area (Å²) < 4.78 is 34.7. The molecule has 11 heteroatoms. The first-order valence-electron chi connectivity index (χ1n) is 16.7. The number of rotatable bonds is 20. The van der Waals surface area contributed by atoms with Crippen molar-refractivity contribution in [3.63, 3.8) is 0 Å². The number of nitrogens with one attached hydrogen (secondary N) is 2. The first kappa shape index (κ1) is 36.7. The summed E-state index contributed by atoms with van der Waals surface area (Å²) in [5.41, 5.74) is 1.27. The van der Waals surface area contributed by atoms with Crippen LogP contribution >= 0.6 is 0 Å². The number of hydrogen-bond acceptors (Lipinski definition) is 9. The van der Waals surface area contributed by atoms with Gasteiger partial charge in [0.2, 0.25) is 0 Å². The third-order valence-electron chi connectivity index (χ3n) is 8.02. The van der Waals surface area contributed by atoms with Gasteiger partial charge in [-0.15, -0.1) is 0 Å². The molecule has 2 aliphatic heterocycles. The molecule has 45 heavy (non-hydrogen) atoms. The maximum absolute atomic E-state index is 13.1. The molecule has 5 atom stereocenters. The number of hydrogen-bond donors (Lipinski definition) is 2. The zero-order valence-corrected chi connectivity index (χ0v) is 27.8. The lowest BCUT2D eigenvalue weighted by atomic mass is 10.0. The predicted molar refractivity (Wildman–Crippen MR) is 170 cm³/mol. The van der Waals surface area contributed by atoms with E-state index in [2.05, 4.69) is 17.6 Å². The summed E-state index contributed by atoms with van der Waals surface area (Å²) in [5.74, 6) is -1.70. The Morgan fingerprint density at radius 3 is 2.11 bits per heavy atom. The number of methoxy groups -OCH3 is 1. The third kappa shape index (κ3) is 12.5. The molecule has 0 saturated carbocycles. The first-order chi connectivity index (χ1) is 21.7. The Morgan fingerprint density at radius 1 is 0.867 bits per heavy atom. The SMILES string of the molecule is CCCCCCCCCCCCO[C@H]1O[C@H]([C@H](CC(=O)OCC)NC(=O)Nc2ccc(CC(=O)OC)cc2)[C@@H]2OC(C)(C)O[C@H]12. The smallest absolute Gasteiger partial charge is 0.319 e. The molecule has 1 aromatic carbocycles. The molecule has 1 aromatic rings. The lowest BCUT2D eigenvalue weighted by molar-refractivity contribution is -0.236. The maximum Gasteiger partial charge on any atom is 0.319 e. The van der Waals surface area contributed by atoms with Gasteiger partial charge in [0.05, 0.1) is 32.6 Å². The van der Waals surface area contributed by atoms with Gasteiger partial charge in [-0.3, -0.25) is 9.59 Å². The zero-order chi connectivity index (χ0) is 32.7. The Kier molecular flexibility index (Phi) is 15.6. The Balaban J connectivity index is 1.56. The van der Waals surface area contributed by atoms with E-state index in [0.717, 1.165) is 18.4 Å². The summed E-state index contributed by atoms with van der Waals surface area (Å²) in [6.45, 7) is 8.35. The van der Waals surface area contributed by atoms with Crippen LogP contribution < -0.4 is 10.6 Å². The van der Waals surface area contributed by atoms with Crippen molar-refractivity contribution in [3.8, 4) is 0 Å². The van der Waals surface area contributed by atoms with Crippen molar-refractivity contribution >= 4 is 23.7 Å². The first-order valence-corrected chi connectivity index (χ1v) is 16.7. The van der Waals surface area contributed by atoms with Crippen LogP contribution in [0, 0.1) is 0 Å². The molecule has 0 aromatic heterocycles. The lowest BCUT2D eigenvalue weighted by Gasteiger charge is -2.29. The molecule has 0 bridgehead atoms. The number of benzene rings is 1. The van der Waals surface area contributed by atoms with E-state index in [4.69, 9.17) is 28.4 Å². The van der Waals surface area contributed by atoms with Gasteiger partial charge in [0.25, 0.3) is 0 Å². The second-order valence-corrected chi connectivity index (χ2v) is 12.3. The van der Waals surface area contributed by atoms with Crippen LogP contribution in [0.5, 0.6) is 0 Å². The number of esters is 2. The minimum Gasteiger partial charge on any atom is -0.469 e. The summed E-state index contributed by atoms with van der Waals surface area (Å²) in [6.07, 6.45) is 9.81. The van der Waals surface area contributed by atoms with Gasteiger partial charge in [-0.2, -0.15) is 0 Å². The molecule has 0 spiro atoms. The van der Waals surface area contributed by atoms with Crippen LogP contribution in [-0.2, 0) is 44.4 Å². The van der Waals surface area contributed by atoms with Crippen LogP contribution in [0.25, 0.3) is 0 Å². The highest BCUT2D eigenvalue weighted by atomic mass is 16.8. The Bertz CT molecular complexity index is 1050. The quantitative estimate of drug-likeness (QED) is 0.130. The monoisotopic (exact) mass is 634 g/mol. The molecule has 3 rings (SSSR count). The molecule has 2 amide bonds. The molecule has 11 nitrogen and oxygen atoms in total. The van der Waals surface area contributed by atoms with E-state index in [9.17, 15) is 14.4 Å². The fourth-order valence-electron chi connectivity index (χ4n) is 5.77. The summed E-state index contributed by atoms with van der Waals surface area (Å²) in [7, 11) is 1.34. The summed E-state index contributed by atoms with van der Waals surface area (Å²) in [5, 5.41) is 5.66. The maximum atomic E-state index is 13.1. The lowest BCUT2D eigenvalue weighted by Crippen LogP contribution is -2.51. The molecular weight excluding hydrogens is 580 g/mol. The molecule has 0 radical (unpaired) electrons. The standard InChI is InChI=1S/C34H54N2O9/c1-6-8-9-10-11-12-13-14-15-16-21-42-32-31-30(44-34(3,4)45-31)29(43-32)26(23-28(38)41-7-2)36-33(39)35-25-19-17-24(18-20-25)22-27(37)40-5/h17-20,26,29-32H,6-16,21-23H2,1-5H3,(H2,35,36,39)/t26-,29+,30-,31-,32-/m0/s1. The van der Waals surface area contributed by atoms with E-state index >= 15 is 0 Å². The molecule has 254 valence electrons. The average molecular weight is 635 g/mol. The van der Waals surface area contributed by atoms with Crippen molar-refractivity contribution in [1.82, 2.24) is 5.32 Å². The van der Waals surface area contributed by atoms with E-state index in [1.165, 1.54) is 58.5 Å². The number of carbonyl (C=O) groups excluding carboxylic acids is 3. The second-order valence-electron chi connectivity index (χ2n) is 12.3. The fourth-order valence-corrected chi connectivity index (χ4v) is 5.77. The van der Waals surface area contributed by atoms with Crippen molar-refractivity contribution in [2.75, 3.05) is 25.6 Å². The number of urea groups is 1. The number of anilines is 1. The number of fused-ring (bicyclic) bond motifs is 1. The normalized spacial score (nSPS) is 22.4. The third-order valence-corrected chi connectivity index (χ3v) is 8.02. The second kappa shape index (κ2) is 19.1. The molecule has 0 unspecified atom stereocenters. The molecule has 2 aliphatic rings. The average Bonchev–Trinajstić information content (AvgIpc) is 3.49. The van der Waals surface area contributed by atoms with Gasteiger partial charge in [0.15, 0.2) is 12.1 Å². The summed E-state index contributed by atoms with van der Waals surface area (Å²) in [6, 6.07) is 5.53. The van der Waals surface area contributed by atoms with E-state index in [1.807, 2.05) is 13.8 Å². The molecule has 2 fully saturated rings. The topological polar surface area (TPSA) is 131 Å². The van der Waals surface area contributed by atoms with Gasteiger partial charge < -0.3 is 39.1 Å². The van der Waals surface area contributed by atoms with Gasteiger partial charge in [-0.25, -0.2) is 4.79 Å². The van der Waals surface area contributed by atoms with Crippen LogP contribution in [0.3, 0.4) is 0 Å². The van der Waals surface area contributed by atoms with Gasteiger partial charge in [-0.1, -0.05) is 76.8 Å². The Labute approximate surface area is 268 Å². The van der Waals surface area contributed by atoms with Crippen LogP contribution in [0.2, 0.25) is 0 Å². The molecule has 2 saturated heterocycles. The van der Waals surface area contributed by atoms with Gasteiger partial charge in [-0.05, 0) is 44.9 Å². The molecular formula is C34H54N2O9. The largest absolute Gasteiger partial charge is 0.469 e. The molecule has 2 N–H and O–H groups in total. The number of ether oxygens (including phenoxy) is 6. The van der Waals surface area contributed by atoms with Crippen LogP contribution in [0.15, 0.2) is 24.3 Å². The van der Waals surface area contributed by atoms with Crippen LogP contribution in [-0.4, -0.2) is 74.7 Å². The van der Waals surface area contributed by atoms with E-state index in [-0.39, 0.29) is 25.4 Å². The van der Waals surface area contributed by atoms with Crippen LogP contribution in [0.1, 0.15) is 104 Å². The highest BCUT2D eigenvalue weighted by Crippen LogP contribution is 2.40. The molecule has 0 aliphatic carbocycles. The Hall–Kier alpha value is -2.73. The van der Waals surface area contributed by atoms with E-state index < -0.39 is 48.4 Å². The fraction of sp³-hybridized carbons (Fsp3) is 0.735. The summed E-state index contributed by atoms with van der Waals surface area (Å²) in [4.78, 5) is 37.2. The summed E-state index contributed by atoms with van der Waals surface area (Å²) >= 11 is 0. The van der Waals surface area contributed by atoms with Crippen molar-refractivity contribution < 1.29 is 42.8 Å². The number of amides is 2. The molecule has 2 heterocycles. The van der Waals surface area contributed by atoms with E-state index in [1.54, 1.807) is 31.2 Å². The Morgan fingerprint density at radius 2 is 1.49 bits per heavy atom. The highest BCUT2D eigenvalue weighted by molar-refractivity contribution is 5.90. The number of carbonyl (C=O) groups is 3. The van der Waals surface area contributed by atoms with Crippen LogP contribution in [0.4, 0.5) is 10.5 Å². The van der Waals surface area contributed by atoms with Gasteiger partial charge >= 0.3 is 18.0 Å². The van der Waals surface area contributed by atoms with Crippen molar-refractivity contribution in [2.24, 2.45) is 0 Å². The van der Waals surface area contributed by atoms with E-state index in [0.29, 0.717) is 12.3 Å². The van der Waals surface area contributed by atoms with Gasteiger partial charge in [0, 0.05) is 12.3 Å². The van der Waals surface area contributed by atoms with Crippen molar-refractivity contribution in [2.45, 2.75) is 141 Å². The minimum absolute atomic E-state index is 0.123. The van der Waals surface area contributed by atoms with Crippen molar-refractivity contribution in [1.29, 1.82) is 0 Å². The highest BCUT2D eigenvalue weighted by Gasteiger charge is 2.58.